The van der Waals surface area contributed by atoms with Crippen molar-refractivity contribution in [2.75, 3.05) is 0 Å². The number of fused-ring (bicyclic) bond motifs is 1. The van der Waals surface area contributed by atoms with Gasteiger partial charge in [0.1, 0.15) is 11.7 Å². The summed E-state index contributed by atoms with van der Waals surface area (Å²) in [5, 5.41) is 11.9. The summed E-state index contributed by atoms with van der Waals surface area (Å²) in [5.74, 6) is -2.90. The molecule has 0 spiro atoms. The second-order valence-electron chi connectivity index (χ2n) is 10.6. The normalized spacial score (nSPS) is 12.7. The van der Waals surface area contributed by atoms with Crippen molar-refractivity contribution in [2.45, 2.75) is 45.1 Å². The van der Waals surface area contributed by atoms with E-state index < -0.39 is 30.0 Å². The van der Waals surface area contributed by atoms with E-state index in [1.165, 1.54) is 12.1 Å². The quantitative estimate of drug-likeness (QED) is 0.130. The number of allylic oxidation sites excluding steroid dienone is 1. The molecule has 0 radical (unpaired) electrons. The molecule has 5 aromatic rings. The molecule has 3 nitrogen and oxygen atoms in total. The number of aliphatic hydroxyl groups excluding tert-OH is 1. The van der Waals surface area contributed by atoms with Gasteiger partial charge in [-0.25, -0.2) is 8.78 Å². The van der Waals surface area contributed by atoms with Gasteiger partial charge in [0.15, 0.2) is 0 Å². The highest BCUT2D eigenvalue weighted by molar-refractivity contribution is 5.86. The molecule has 43 heavy (non-hydrogen) atoms. The maximum Gasteiger partial charge on any atom is 0.449 e. The molecule has 222 valence electrons. The van der Waals surface area contributed by atoms with Crippen LogP contribution in [0.5, 0.6) is 0 Å². The summed E-state index contributed by atoms with van der Waals surface area (Å²) in [6, 6.07) is 28.5. The summed E-state index contributed by atoms with van der Waals surface area (Å²) >= 11 is 0. The number of aryl methyl sites for hydroxylation is 1. The smallest absolute Gasteiger partial charge is 0.449 e. The molecule has 1 atom stereocenters. The number of hydrogen-bond acceptors (Lipinski definition) is 3. The van der Waals surface area contributed by atoms with Crippen LogP contribution in [-0.2, 0) is 25.8 Å². The lowest BCUT2D eigenvalue weighted by Gasteiger charge is -2.24. The molecule has 0 fully saturated rings. The fourth-order valence-corrected chi connectivity index (χ4v) is 5.34. The highest BCUT2D eigenvalue weighted by Gasteiger charge is 2.35. The van der Waals surface area contributed by atoms with Gasteiger partial charge in [0, 0.05) is 13.1 Å². The summed E-state index contributed by atoms with van der Waals surface area (Å²) in [5.41, 5.74) is 4.82. The summed E-state index contributed by atoms with van der Waals surface area (Å²) in [7, 11) is 0. The van der Waals surface area contributed by atoms with Crippen molar-refractivity contribution in [1.29, 1.82) is 0 Å². The number of nitrogens with zero attached hydrogens (tertiary/aromatic N) is 1. The first-order valence-electron chi connectivity index (χ1n) is 13.7. The Balaban J connectivity index is 1.43. The number of aliphatic hydroxyl groups is 1. The van der Waals surface area contributed by atoms with Crippen molar-refractivity contribution in [3.63, 3.8) is 0 Å². The Labute approximate surface area is 246 Å². The van der Waals surface area contributed by atoms with E-state index in [1.54, 1.807) is 18.2 Å². The van der Waals surface area contributed by atoms with Gasteiger partial charge in [-0.05, 0) is 63.2 Å². The van der Waals surface area contributed by atoms with E-state index in [0.717, 1.165) is 39.1 Å². The Bertz CT molecular complexity index is 1720. The second kappa shape index (κ2) is 12.4. The third-order valence-corrected chi connectivity index (χ3v) is 7.53. The minimum Gasteiger partial charge on any atom is -0.512 e. The van der Waals surface area contributed by atoms with Gasteiger partial charge in [-0.2, -0.15) is 13.2 Å². The molecule has 1 aromatic heterocycles. The Hall–Kier alpha value is -4.43. The summed E-state index contributed by atoms with van der Waals surface area (Å²) < 4.78 is 71.9. The monoisotopic (exact) mass is 591 g/mol. The summed E-state index contributed by atoms with van der Waals surface area (Å²) in [4.78, 5) is 2.03. The Kier molecular flexibility index (Phi) is 8.69. The first-order valence-corrected chi connectivity index (χ1v) is 13.7. The molecule has 0 bridgehead atoms. The van der Waals surface area contributed by atoms with E-state index in [2.05, 4.69) is 6.58 Å². The molecule has 1 heterocycles. The van der Waals surface area contributed by atoms with Gasteiger partial charge >= 0.3 is 6.18 Å². The number of benzene rings is 4. The molecule has 4 aromatic carbocycles. The van der Waals surface area contributed by atoms with Crippen molar-refractivity contribution in [2.24, 2.45) is 0 Å². The van der Waals surface area contributed by atoms with Crippen LogP contribution in [0.2, 0.25) is 0 Å². The van der Waals surface area contributed by atoms with Crippen LogP contribution < -0.4 is 0 Å². The average molecular weight is 592 g/mol. The minimum absolute atomic E-state index is 0.155. The van der Waals surface area contributed by atoms with Gasteiger partial charge in [0.25, 0.3) is 6.43 Å². The van der Waals surface area contributed by atoms with E-state index in [9.17, 15) is 27.1 Å². The van der Waals surface area contributed by atoms with Crippen molar-refractivity contribution in [1.82, 2.24) is 4.90 Å². The van der Waals surface area contributed by atoms with Gasteiger partial charge < -0.3 is 9.52 Å². The number of furan rings is 1. The lowest BCUT2D eigenvalue weighted by Crippen LogP contribution is -2.23. The van der Waals surface area contributed by atoms with E-state index in [0.29, 0.717) is 18.7 Å². The number of hydrogen-bond donors (Lipinski definition) is 1. The zero-order chi connectivity index (χ0) is 30.7. The van der Waals surface area contributed by atoms with Crippen LogP contribution in [0.4, 0.5) is 22.0 Å². The van der Waals surface area contributed by atoms with Crippen LogP contribution in [-0.4, -0.2) is 16.4 Å². The van der Waals surface area contributed by atoms with Gasteiger partial charge in [-0.15, -0.1) is 0 Å². The zero-order valence-electron chi connectivity index (χ0n) is 23.4. The minimum atomic E-state index is -4.57. The van der Waals surface area contributed by atoms with Crippen LogP contribution >= 0.6 is 0 Å². The zero-order valence-corrected chi connectivity index (χ0v) is 23.4. The van der Waals surface area contributed by atoms with E-state index in [4.69, 9.17) is 4.42 Å². The highest BCUT2D eigenvalue weighted by Crippen LogP contribution is 2.33. The predicted molar refractivity (Wildman–Crippen MR) is 158 cm³/mol. The fraction of sp³-hybridized carbons (Fsp3) is 0.200. The van der Waals surface area contributed by atoms with Crippen LogP contribution in [0.3, 0.4) is 0 Å². The third-order valence-electron chi connectivity index (χ3n) is 7.53. The van der Waals surface area contributed by atoms with Gasteiger partial charge in [-0.1, -0.05) is 91.5 Å². The molecular weight excluding hydrogens is 561 g/mol. The Morgan fingerprint density at radius 1 is 0.837 bits per heavy atom. The number of halogens is 5. The molecule has 8 heteroatoms. The Morgan fingerprint density at radius 2 is 1.58 bits per heavy atom. The lowest BCUT2D eigenvalue weighted by molar-refractivity contribution is -0.153. The SMILES string of the molecule is C=C(O)C(c1cccc(-c2ccc(CN(Cc3ccc(C(F)(F)F)o3)Cc3c(C)ccc4ccccc34)cc2)c1)C(F)F. The maximum absolute atomic E-state index is 13.5. The van der Waals surface area contributed by atoms with E-state index >= 15 is 0 Å². The molecule has 0 aliphatic rings. The maximum atomic E-state index is 13.5. The molecule has 5 rings (SSSR count). The first kappa shape index (κ1) is 30.0. The number of rotatable bonds is 10. The molecule has 1 unspecified atom stereocenters. The molecule has 0 amide bonds. The van der Waals surface area contributed by atoms with E-state index in [-0.39, 0.29) is 17.9 Å². The molecule has 0 saturated heterocycles. The Morgan fingerprint density at radius 3 is 2.26 bits per heavy atom. The molecule has 0 aliphatic heterocycles. The number of alkyl halides is 5. The van der Waals surface area contributed by atoms with Crippen LogP contribution in [0.1, 0.15) is 39.7 Å². The topological polar surface area (TPSA) is 36.6 Å². The van der Waals surface area contributed by atoms with Crippen LogP contribution in [0.25, 0.3) is 21.9 Å². The predicted octanol–water partition coefficient (Wildman–Crippen LogP) is 10.0. The average Bonchev–Trinajstić information content (AvgIpc) is 3.44. The van der Waals surface area contributed by atoms with Gasteiger partial charge in [0.05, 0.1) is 12.3 Å². The molecule has 0 aliphatic carbocycles. The van der Waals surface area contributed by atoms with Crippen LogP contribution in [0, 0.1) is 6.92 Å². The van der Waals surface area contributed by atoms with Gasteiger partial charge in [0.2, 0.25) is 5.76 Å². The third kappa shape index (κ3) is 6.97. The first-order chi connectivity index (χ1) is 20.5. The lowest BCUT2D eigenvalue weighted by atomic mass is 9.94. The standard InChI is InChI=1S/C35H30F5NO2/c1-22-10-13-26-6-3-4-9-30(26)31(22)21-41(20-29-16-17-32(43-29)35(38,39)40)19-24-11-14-25(15-12-24)27-7-5-8-28(18-27)33(23(2)42)34(36)37/h3-18,33-34,42H,2,19-21H2,1H3. The van der Waals surface area contributed by atoms with Crippen molar-refractivity contribution in [3.05, 3.63) is 143 Å². The summed E-state index contributed by atoms with van der Waals surface area (Å²) in [6.45, 7) is 6.36. The summed E-state index contributed by atoms with van der Waals surface area (Å²) in [6.07, 6.45) is -7.37. The van der Waals surface area contributed by atoms with Crippen molar-refractivity contribution < 1.29 is 31.5 Å². The van der Waals surface area contributed by atoms with Gasteiger partial charge in [-0.3, -0.25) is 4.90 Å². The molecule has 0 saturated carbocycles. The van der Waals surface area contributed by atoms with E-state index in [1.807, 2.05) is 72.5 Å². The highest BCUT2D eigenvalue weighted by atomic mass is 19.4. The van der Waals surface area contributed by atoms with Crippen molar-refractivity contribution in [3.8, 4) is 11.1 Å². The second-order valence-corrected chi connectivity index (χ2v) is 10.6. The van der Waals surface area contributed by atoms with Crippen molar-refractivity contribution >= 4 is 10.8 Å². The molecular formula is C35H30F5NO2. The largest absolute Gasteiger partial charge is 0.512 e. The molecule has 1 N–H and O–H groups in total. The van der Waals surface area contributed by atoms with Crippen LogP contribution in [0.15, 0.2) is 114 Å². The fourth-order valence-electron chi connectivity index (χ4n) is 5.34.